The largest absolute Gasteiger partial charge is 0.509 e. The lowest BCUT2D eigenvalue weighted by Crippen LogP contribution is -2.30. The first-order valence-electron chi connectivity index (χ1n) is 3.56. The Labute approximate surface area is 72.1 Å². The molecular formula is C8H13NO3. The van der Waals surface area contributed by atoms with Gasteiger partial charge in [-0.15, -0.1) is 0 Å². The third kappa shape index (κ3) is 3.24. The number of carbonyl (C=O) groups excluding carboxylic acids is 1. The van der Waals surface area contributed by atoms with Gasteiger partial charge in [0, 0.05) is 5.41 Å². The normalized spacial score (nSPS) is 12.9. The topological polar surface area (TPSA) is 59.3 Å². The Bertz CT molecular complexity index is 199. The molecule has 0 aliphatic carbocycles. The third-order valence-corrected chi connectivity index (χ3v) is 1.28. The molecule has 0 radical (unpaired) electrons. The second kappa shape index (κ2) is 3.96. The standard InChI is InChI=1S/C8H13NO3/c1-8(2,3)6(5-9)12-7(10)11-4/h6H,1-4H3/t6-/m1/s1. The smallest absolute Gasteiger partial charge is 0.438 e. The number of ether oxygens (including phenoxy) is 2. The predicted molar refractivity (Wildman–Crippen MR) is 42.3 cm³/mol. The molecule has 1 atom stereocenters. The van der Waals surface area contributed by atoms with E-state index in [2.05, 4.69) is 4.74 Å². The summed E-state index contributed by atoms with van der Waals surface area (Å²) in [5, 5.41) is 8.62. The molecule has 0 aromatic heterocycles. The maximum Gasteiger partial charge on any atom is 0.509 e. The van der Waals surface area contributed by atoms with Crippen molar-refractivity contribution in [2.24, 2.45) is 5.41 Å². The van der Waals surface area contributed by atoms with Crippen LogP contribution in [0.4, 0.5) is 4.79 Å². The zero-order chi connectivity index (χ0) is 9.78. The van der Waals surface area contributed by atoms with Crippen molar-refractivity contribution < 1.29 is 14.3 Å². The lowest BCUT2D eigenvalue weighted by molar-refractivity contribution is 0.0177. The maximum atomic E-state index is 10.6. The first-order valence-corrected chi connectivity index (χ1v) is 3.56. The molecule has 0 aliphatic rings. The Hall–Kier alpha value is -1.24. The van der Waals surface area contributed by atoms with Gasteiger partial charge in [0.05, 0.1) is 7.11 Å². The Morgan fingerprint density at radius 1 is 1.50 bits per heavy atom. The molecule has 0 heterocycles. The van der Waals surface area contributed by atoms with Crippen LogP contribution in [0.2, 0.25) is 0 Å². The molecule has 0 unspecified atom stereocenters. The maximum absolute atomic E-state index is 10.6. The molecule has 4 heteroatoms. The van der Waals surface area contributed by atoms with Gasteiger partial charge in [0.25, 0.3) is 0 Å². The molecule has 0 aromatic carbocycles. The minimum atomic E-state index is -0.823. The Balaban J connectivity index is 4.22. The van der Waals surface area contributed by atoms with Crippen molar-refractivity contribution in [2.45, 2.75) is 26.9 Å². The summed E-state index contributed by atoms with van der Waals surface area (Å²) < 4.78 is 8.96. The Kier molecular flexibility index (Phi) is 3.55. The van der Waals surface area contributed by atoms with Gasteiger partial charge in [-0.2, -0.15) is 5.26 Å². The Morgan fingerprint density at radius 3 is 2.25 bits per heavy atom. The monoisotopic (exact) mass is 171 g/mol. The van der Waals surface area contributed by atoms with Gasteiger partial charge in [-0.3, -0.25) is 0 Å². The summed E-state index contributed by atoms with van der Waals surface area (Å²) in [5.74, 6) is 0. The van der Waals surface area contributed by atoms with Crippen LogP contribution in [0, 0.1) is 16.7 Å². The second-order valence-electron chi connectivity index (χ2n) is 3.45. The van der Waals surface area contributed by atoms with Gasteiger partial charge in [0.15, 0.2) is 6.10 Å². The minimum Gasteiger partial charge on any atom is -0.438 e. The zero-order valence-corrected chi connectivity index (χ0v) is 7.75. The molecule has 0 bridgehead atoms. The molecule has 68 valence electrons. The SMILES string of the molecule is COC(=O)O[C@H](C#N)C(C)(C)C. The van der Waals surface area contributed by atoms with Crippen LogP contribution in [0.25, 0.3) is 0 Å². The molecule has 0 saturated heterocycles. The van der Waals surface area contributed by atoms with Crippen LogP contribution in [0.1, 0.15) is 20.8 Å². The molecule has 0 spiro atoms. The number of methoxy groups -OCH3 is 1. The van der Waals surface area contributed by atoms with Crippen LogP contribution in [0.15, 0.2) is 0 Å². The van der Waals surface area contributed by atoms with Gasteiger partial charge in [-0.25, -0.2) is 4.79 Å². The highest BCUT2D eigenvalue weighted by molar-refractivity contribution is 5.60. The van der Waals surface area contributed by atoms with E-state index in [0.717, 1.165) is 0 Å². The fourth-order valence-corrected chi connectivity index (χ4v) is 0.541. The van der Waals surface area contributed by atoms with Crippen LogP contribution in [0.5, 0.6) is 0 Å². The average Bonchev–Trinajstić information content (AvgIpc) is 1.97. The molecular weight excluding hydrogens is 158 g/mol. The van der Waals surface area contributed by atoms with Gasteiger partial charge in [0.2, 0.25) is 0 Å². The van der Waals surface area contributed by atoms with E-state index in [9.17, 15) is 4.79 Å². The average molecular weight is 171 g/mol. The molecule has 12 heavy (non-hydrogen) atoms. The quantitative estimate of drug-likeness (QED) is 0.563. The van der Waals surface area contributed by atoms with E-state index in [-0.39, 0.29) is 5.41 Å². The first kappa shape index (κ1) is 10.8. The van der Waals surface area contributed by atoms with Crippen LogP contribution in [-0.2, 0) is 9.47 Å². The van der Waals surface area contributed by atoms with Crippen molar-refractivity contribution in [3.05, 3.63) is 0 Å². The summed E-state index contributed by atoms with van der Waals surface area (Å²) >= 11 is 0. The van der Waals surface area contributed by atoms with E-state index >= 15 is 0 Å². The van der Waals surface area contributed by atoms with E-state index in [1.165, 1.54) is 7.11 Å². The molecule has 0 saturated carbocycles. The van der Waals surface area contributed by atoms with Gasteiger partial charge in [-0.05, 0) is 0 Å². The highest BCUT2D eigenvalue weighted by Crippen LogP contribution is 2.21. The van der Waals surface area contributed by atoms with Gasteiger partial charge in [0.1, 0.15) is 6.07 Å². The number of carbonyl (C=O) groups is 1. The van der Waals surface area contributed by atoms with E-state index in [4.69, 9.17) is 10.00 Å². The highest BCUT2D eigenvalue weighted by atomic mass is 16.7. The third-order valence-electron chi connectivity index (χ3n) is 1.28. The summed E-state index contributed by atoms with van der Waals surface area (Å²) in [7, 11) is 1.21. The van der Waals surface area contributed by atoms with Gasteiger partial charge in [-0.1, -0.05) is 20.8 Å². The van der Waals surface area contributed by atoms with E-state index in [1.54, 1.807) is 0 Å². The van der Waals surface area contributed by atoms with Crippen molar-refractivity contribution in [2.75, 3.05) is 7.11 Å². The van der Waals surface area contributed by atoms with Crippen LogP contribution in [0.3, 0.4) is 0 Å². The highest BCUT2D eigenvalue weighted by Gasteiger charge is 2.28. The fraction of sp³-hybridized carbons (Fsp3) is 0.750. The minimum absolute atomic E-state index is 0.386. The van der Waals surface area contributed by atoms with Crippen molar-refractivity contribution in [1.29, 1.82) is 5.26 Å². The zero-order valence-electron chi connectivity index (χ0n) is 7.75. The first-order chi connectivity index (χ1) is 5.41. The summed E-state index contributed by atoms with van der Waals surface area (Å²) in [4.78, 5) is 10.6. The second-order valence-corrected chi connectivity index (χ2v) is 3.45. The molecule has 0 fully saturated rings. The van der Waals surface area contributed by atoms with E-state index < -0.39 is 12.3 Å². The molecule has 0 N–H and O–H groups in total. The number of rotatable bonds is 1. The number of hydrogen-bond acceptors (Lipinski definition) is 4. The predicted octanol–water partition coefficient (Wildman–Crippen LogP) is 1.71. The lowest BCUT2D eigenvalue weighted by Gasteiger charge is -2.23. The van der Waals surface area contributed by atoms with E-state index in [1.807, 2.05) is 26.8 Å². The summed E-state index contributed by atoms with van der Waals surface area (Å²) in [6.07, 6.45) is -1.60. The summed E-state index contributed by atoms with van der Waals surface area (Å²) in [6, 6.07) is 1.88. The molecule has 0 aliphatic heterocycles. The van der Waals surface area contributed by atoms with Crippen molar-refractivity contribution in [1.82, 2.24) is 0 Å². The molecule has 0 amide bonds. The van der Waals surface area contributed by atoms with Crippen molar-refractivity contribution >= 4 is 6.16 Å². The Morgan fingerprint density at radius 2 is 2.00 bits per heavy atom. The lowest BCUT2D eigenvalue weighted by atomic mass is 9.90. The molecule has 0 rings (SSSR count). The van der Waals surface area contributed by atoms with Gasteiger partial charge < -0.3 is 9.47 Å². The van der Waals surface area contributed by atoms with Crippen LogP contribution < -0.4 is 0 Å². The fourth-order valence-electron chi connectivity index (χ4n) is 0.541. The number of nitrogens with zero attached hydrogens (tertiary/aromatic N) is 1. The van der Waals surface area contributed by atoms with Crippen LogP contribution >= 0.6 is 0 Å². The summed E-state index contributed by atoms with van der Waals surface area (Å²) in [5.41, 5.74) is -0.386. The number of hydrogen-bond donors (Lipinski definition) is 0. The van der Waals surface area contributed by atoms with Gasteiger partial charge >= 0.3 is 6.16 Å². The van der Waals surface area contributed by atoms with E-state index in [0.29, 0.717) is 0 Å². The molecule has 0 aromatic rings. The number of nitriles is 1. The molecule has 4 nitrogen and oxygen atoms in total. The summed E-state index contributed by atoms with van der Waals surface area (Å²) in [6.45, 7) is 5.43. The van der Waals surface area contributed by atoms with Crippen LogP contribution in [-0.4, -0.2) is 19.4 Å². The van der Waals surface area contributed by atoms with Crippen molar-refractivity contribution in [3.63, 3.8) is 0 Å². The van der Waals surface area contributed by atoms with Crippen molar-refractivity contribution in [3.8, 4) is 6.07 Å².